The van der Waals surface area contributed by atoms with E-state index >= 15 is 0 Å². The Morgan fingerprint density at radius 2 is 1.71 bits per heavy atom. The maximum Gasteiger partial charge on any atom is 0.255 e. The largest absolute Gasteiger partial charge is 0.496 e. The van der Waals surface area contributed by atoms with Gasteiger partial charge in [0.1, 0.15) is 5.75 Å². The van der Waals surface area contributed by atoms with Crippen molar-refractivity contribution >= 4 is 11.8 Å². The molecule has 2 aromatic rings. The highest BCUT2D eigenvalue weighted by Gasteiger charge is 2.23. The van der Waals surface area contributed by atoms with E-state index in [1.807, 2.05) is 17.0 Å². The number of hydrogen-bond donors (Lipinski definition) is 1. The summed E-state index contributed by atoms with van der Waals surface area (Å²) in [6, 6.07) is 17.5. The minimum atomic E-state index is -0.288. The molecule has 1 heterocycles. The van der Waals surface area contributed by atoms with E-state index in [1.165, 1.54) is 12.7 Å². The van der Waals surface area contributed by atoms with Crippen molar-refractivity contribution < 1.29 is 14.3 Å². The number of benzene rings is 2. The lowest BCUT2D eigenvalue weighted by Crippen LogP contribution is -2.44. The SMILES string of the molecule is COc1ccccc1C(=O)NCC(=O)N1CCC(CCc2ccccc2)CC1. The van der Waals surface area contributed by atoms with Gasteiger partial charge in [0.15, 0.2) is 0 Å². The van der Waals surface area contributed by atoms with Crippen molar-refractivity contribution in [3.63, 3.8) is 0 Å². The fourth-order valence-electron chi connectivity index (χ4n) is 3.68. The fourth-order valence-corrected chi connectivity index (χ4v) is 3.68. The van der Waals surface area contributed by atoms with Gasteiger partial charge in [-0.15, -0.1) is 0 Å². The maximum atomic E-state index is 12.5. The van der Waals surface area contributed by atoms with Gasteiger partial charge in [-0.1, -0.05) is 42.5 Å². The van der Waals surface area contributed by atoms with Gasteiger partial charge in [-0.2, -0.15) is 0 Å². The van der Waals surface area contributed by atoms with Crippen LogP contribution in [0.5, 0.6) is 5.75 Å². The highest BCUT2D eigenvalue weighted by atomic mass is 16.5. The number of carbonyl (C=O) groups is 2. The zero-order chi connectivity index (χ0) is 19.8. The average molecular weight is 380 g/mol. The average Bonchev–Trinajstić information content (AvgIpc) is 2.76. The lowest BCUT2D eigenvalue weighted by Gasteiger charge is -2.32. The second kappa shape index (κ2) is 9.93. The second-order valence-corrected chi connectivity index (χ2v) is 7.23. The quantitative estimate of drug-likeness (QED) is 0.802. The van der Waals surface area contributed by atoms with Crippen LogP contribution in [0.1, 0.15) is 35.2 Å². The molecule has 0 unspecified atom stereocenters. The molecule has 1 aliphatic heterocycles. The molecule has 1 N–H and O–H groups in total. The van der Waals surface area contributed by atoms with Crippen LogP contribution < -0.4 is 10.1 Å². The molecule has 1 aliphatic rings. The third-order valence-electron chi connectivity index (χ3n) is 5.40. The molecule has 3 rings (SSSR count). The Bertz CT molecular complexity index is 783. The number of carbonyl (C=O) groups excluding carboxylic acids is 2. The van der Waals surface area contributed by atoms with E-state index in [0.717, 1.165) is 38.8 Å². The summed E-state index contributed by atoms with van der Waals surface area (Å²) in [4.78, 5) is 26.6. The first-order valence-electron chi connectivity index (χ1n) is 9.90. The van der Waals surface area contributed by atoms with Crippen molar-refractivity contribution in [3.05, 3.63) is 65.7 Å². The summed E-state index contributed by atoms with van der Waals surface area (Å²) in [7, 11) is 1.53. The van der Waals surface area contributed by atoms with Gasteiger partial charge in [0, 0.05) is 13.1 Å². The fraction of sp³-hybridized carbons (Fsp3) is 0.391. The van der Waals surface area contributed by atoms with Gasteiger partial charge in [-0.25, -0.2) is 0 Å². The summed E-state index contributed by atoms with van der Waals surface area (Å²) < 4.78 is 5.20. The number of piperidine rings is 1. The predicted octanol–water partition coefficient (Wildman–Crippen LogP) is 3.30. The molecule has 1 fully saturated rings. The minimum Gasteiger partial charge on any atom is -0.496 e. The zero-order valence-corrected chi connectivity index (χ0v) is 16.4. The standard InChI is InChI=1S/C23H28N2O3/c1-28-21-10-6-5-9-20(21)23(27)24-17-22(26)25-15-13-19(14-16-25)12-11-18-7-3-2-4-8-18/h2-10,19H,11-17H2,1H3,(H,24,27). The van der Waals surface area contributed by atoms with Gasteiger partial charge in [-0.3, -0.25) is 9.59 Å². The monoisotopic (exact) mass is 380 g/mol. The first-order chi connectivity index (χ1) is 13.7. The van der Waals surface area contributed by atoms with Gasteiger partial charge >= 0.3 is 0 Å². The summed E-state index contributed by atoms with van der Waals surface area (Å²) in [6.45, 7) is 1.55. The van der Waals surface area contributed by atoms with Gasteiger partial charge in [0.05, 0.1) is 19.2 Å². The lowest BCUT2D eigenvalue weighted by atomic mass is 9.90. The van der Waals surface area contributed by atoms with Crippen LogP contribution in [0.15, 0.2) is 54.6 Å². The predicted molar refractivity (Wildman–Crippen MR) is 109 cm³/mol. The van der Waals surface area contributed by atoms with Crippen LogP contribution in [-0.2, 0) is 11.2 Å². The van der Waals surface area contributed by atoms with Crippen molar-refractivity contribution in [1.82, 2.24) is 10.2 Å². The Balaban J connectivity index is 1.41. The molecular formula is C23H28N2O3. The molecule has 148 valence electrons. The molecule has 2 aromatic carbocycles. The minimum absolute atomic E-state index is 0.0194. The molecule has 1 saturated heterocycles. The molecule has 0 saturated carbocycles. The summed E-state index contributed by atoms with van der Waals surface area (Å²) in [6.07, 6.45) is 4.31. The topological polar surface area (TPSA) is 58.6 Å². The molecule has 0 spiro atoms. The molecular weight excluding hydrogens is 352 g/mol. The maximum absolute atomic E-state index is 12.5. The van der Waals surface area contributed by atoms with Gasteiger partial charge in [0.2, 0.25) is 5.91 Å². The zero-order valence-electron chi connectivity index (χ0n) is 16.4. The van der Waals surface area contributed by atoms with Crippen LogP contribution in [0.25, 0.3) is 0 Å². The number of rotatable bonds is 7. The number of amides is 2. The first kappa shape index (κ1) is 19.9. The number of nitrogens with zero attached hydrogens (tertiary/aromatic N) is 1. The van der Waals surface area contributed by atoms with Crippen molar-refractivity contribution in [2.75, 3.05) is 26.7 Å². The van der Waals surface area contributed by atoms with Crippen molar-refractivity contribution in [2.45, 2.75) is 25.7 Å². The Morgan fingerprint density at radius 3 is 2.43 bits per heavy atom. The Labute approximate surface area is 166 Å². The summed E-state index contributed by atoms with van der Waals surface area (Å²) >= 11 is 0. The molecule has 0 aromatic heterocycles. The Morgan fingerprint density at radius 1 is 1.04 bits per heavy atom. The molecule has 28 heavy (non-hydrogen) atoms. The van der Waals surface area contributed by atoms with Crippen LogP contribution in [0.4, 0.5) is 0 Å². The highest BCUT2D eigenvalue weighted by molar-refractivity contribution is 5.98. The molecule has 5 heteroatoms. The Hall–Kier alpha value is -2.82. The van der Waals surface area contributed by atoms with Gasteiger partial charge in [-0.05, 0) is 49.3 Å². The van der Waals surface area contributed by atoms with E-state index in [9.17, 15) is 9.59 Å². The van der Waals surface area contributed by atoms with Gasteiger partial charge < -0.3 is 15.0 Å². The normalized spacial score (nSPS) is 14.5. The second-order valence-electron chi connectivity index (χ2n) is 7.23. The molecule has 0 bridgehead atoms. The number of ether oxygens (including phenoxy) is 1. The van der Waals surface area contributed by atoms with Crippen molar-refractivity contribution in [3.8, 4) is 5.75 Å². The van der Waals surface area contributed by atoms with Crippen LogP contribution in [0, 0.1) is 5.92 Å². The summed E-state index contributed by atoms with van der Waals surface area (Å²) in [5.41, 5.74) is 1.82. The molecule has 2 amide bonds. The van der Waals surface area contributed by atoms with E-state index in [1.54, 1.807) is 18.2 Å². The van der Waals surface area contributed by atoms with Gasteiger partial charge in [0.25, 0.3) is 5.91 Å². The molecule has 0 atom stereocenters. The third-order valence-corrected chi connectivity index (χ3v) is 5.40. The molecule has 5 nitrogen and oxygen atoms in total. The van der Waals surface area contributed by atoms with Crippen LogP contribution in [0.2, 0.25) is 0 Å². The molecule has 0 radical (unpaired) electrons. The van der Waals surface area contributed by atoms with E-state index in [4.69, 9.17) is 4.74 Å². The number of para-hydroxylation sites is 1. The number of hydrogen-bond acceptors (Lipinski definition) is 3. The number of methoxy groups -OCH3 is 1. The van der Waals surface area contributed by atoms with E-state index < -0.39 is 0 Å². The van der Waals surface area contributed by atoms with E-state index in [-0.39, 0.29) is 18.4 Å². The number of nitrogens with one attached hydrogen (secondary N) is 1. The Kier molecular flexibility index (Phi) is 7.06. The first-order valence-corrected chi connectivity index (χ1v) is 9.90. The third kappa shape index (κ3) is 5.35. The molecule has 0 aliphatic carbocycles. The van der Waals surface area contributed by atoms with Crippen LogP contribution in [0.3, 0.4) is 0 Å². The highest BCUT2D eigenvalue weighted by Crippen LogP contribution is 2.22. The van der Waals surface area contributed by atoms with E-state index in [0.29, 0.717) is 17.2 Å². The number of aryl methyl sites for hydroxylation is 1. The number of likely N-dealkylation sites (tertiary alicyclic amines) is 1. The van der Waals surface area contributed by atoms with Crippen molar-refractivity contribution in [1.29, 1.82) is 0 Å². The van der Waals surface area contributed by atoms with E-state index in [2.05, 4.69) is 29.6 Å². The van der Waals surface area contributed by atoms with Crippen LogP contribution >= 0.6 is 0 Å². The lowest BCUT2D eigenvalue weighted by molar-refractivity contribution is -0.131. The summed E-state index contributed by atoms with van der Waals surface area (Å²) in [5.74, 6) is 0.854. The smallest absolute Gasteiger partial charge is 0.255 e. The van der Waals surface area contributed by atoms with Crippen LogP contribution in [-0.4, -0.2) is 43.5 Å². The van der Waals surface area contributed by atoms with Crippen molar-refractivity contribution in [2.24, 2.45) is 5.92 Å². The summed E-state index contributed by atoms with van der Waals surface area (Å²) in [5, 5.41) is 2.72.